The van der Waals surface area contributed by atoms with Gasteiger partial charge >= 0.3 is 0 Å². The molecule has 0 aromatic heterocycles. The third-order valence-corrected chi connectivity index (χ3v) is 4.05. The molecule has 1 saturated carbocycles. The Morgan fingerprint density at radius 2 is 2.26 bits per heavy atom. The van der Waals surface area contributed by atoms with Crippen molar-refractivity contribution in [1.29, 1.82) is 0 Å². The Bertz CT molecular complexity index is 443. The second-order valence-corrected chi connectivity index (χ2v) is 5.82. The zero-order chi connectivity index (χ0) is 13.8. The van der Waals surface area contributed by atoms with Crippen molar-refractivity contribution in [3.8, 4) is 0 Å². The van der Waals surface area contributed by atoms with Crippen LogP contribution in [0.3, 0.4) is 0 Å². The Kier molecular flexibility index (Phi) is 4.81. The molecular weight excluding hydrogens is 265 g/mol. The highest BCUT2D eigenvalue weighted by Crippen LogP contribution is 2.24. The first-order valence-corrected chi connectivity index (χ1v) is 7.16. The summed E-state index contributed by atoms with van der Waals surface area (Å²) in [6.07, 6.45) is 4.41. The number of hydrogen-bond donors (Lipinski definition) is 1. The van der Waals surface area contributed by atoms with E-state index in [4.69, 9.17) is 11.6 Å². The molecule has 2 atom stereocenters. The van der Waals surface area contributed by atoms with E-state index in [0.717, 1.165) is 19.3 Å². The van der Waals surface area contributed by atoms with E-state index in [0.29, 0.717) is 10.9 Å². The fourth-order valence-corrected chi connectivity index (χ4v) is 2.94. The number of carbonyl (C=O) groups is 1. The largest absolute Gasteiger partial charge is 0.353 e. The molecule has 0 aliphatic heterocycles. The van der Waals surface area contributed by atoms with E-state index in [-0.39, 0.29) is 23.9 Å². The predicted octanol–water partition coefficient (Wildman–Crippen LogP) is 3.72. The molecule has 2 unspecified atom stereocenters. The van der Waals surface area contributed by atoms with E-state index < -0.39 is 5.82 Å². The molecule has 1 aliphatic rings. The molecule has 104 valence electrons. The smallest absolute Gasteiger partial charge is 0.224 e. The first-order chi connectivity index (χ1) is 9.06. The van der Waals surface area contributed by atoms with Crippen molar-refractivity contribution < 1.29 is 9.18 Å². The molecule has 1 amide bonds. The summed E-state index contributed by atoms with van der Waals surface area (Å²) in [6.45, 7) is 2.20. The Morgan fingerprint density at radius 1 is 1.47 bits per heavy atom. The van der Waals surface area contributed by atoms with Gasteiger partial charge in [-0.2, -0.15) is 0 Å². The number of amides is 1. The van der Waals surface area contributed by atoms with Crippen molar-refractivity contribution >= 4 is 17.5 Å². The fourth-order valence-electron chi connectivity index (χ4n) is 2.71. The predicted molar refractivity (Wildman–Crippen MR) is 74.7 cm³/mol. The van der Waals surface area contributed by atoms with Crippen LogP contribution in [0.4, 0.5) is 4.39 Å². The molecule has 0 heterocycles. The molecule has 1 aromatic rings. The van der Waals surface area contributed by atoms with Crippen LogP contribution in [-0.2, 0) is 11.2 Å². The van der Waals surface area contributed by atoms with Crippen molar-refractivity contribution in [2.24, 2.45) is 5.92 Å². The van der Waals surface area contributed by atoms with Crippen LogP contribution in [0.15, 0.2) is 18.2 Å². The number of rotatable bonds is 3. The van der Waals surface area contributed by atoms with Crippen molar-refractivity contribution in [1.82, 2.24) is 5.32 Å². The highest BCUT2D eigenvalue weighted by molar-refractivity contribution is 6.31. The summed E-state index contributed by atoms with van der Waals surface area (Å²) in [5.74, 6) is 0.0851. The Balaban J connectivity index is 1.94. The van der Waals surface area contributed by atoms with Gasteiger partial charge in [0.2, 0.25) is 5.91 Å². The second kappa shape index (κ2) is 6.38. The monoisotopic (exact) mass is 283 g/mol. The normalized spacial score (nSPS) is 23.1. The average molecular weight is 284 g/mol. The van der Waals surface area contributed by atoms with Gasteiger partial charge in [0.1, 0.15) is 5.82 Å². The molecule has 2 rings (SSSR count). The molecule has 1 aliphatic carbocycles. The minimum absolute atomic E-state index is 0.0103. The van der Waals surface area contributed by atoms with Crippen LogP contribution < -0.4 is 5.32 Å². The number of hydrogen-bond acceptors (Lipinski definition) is 1. The van der Waals surface area contributed by atoms with Gasteiger partial charge in [-0.3, -0.25) is 4.79 Å². The van der Waals surface area contributed by atoms with Crippen molar-refractivity contribution in [3.05, 3.63) is 34.6 Å². The molecule has 19 heavy (non-hydrogen) atoms. The summed E-state index contributed by atoms with van der Waals surface area (Å²) in [4.78, 5) is 12.0. The molecule has 0 bridgehead atoms. The topological polar surface area (TPSA) is 29.1 Å². The summed E-state index contributed by atoms with van der Waals surface area (Å²) in [5, 5.41) is 3.30. The van der Waals surface area contributed by atoms with Gasteiger partial charge in [-0.15, -0.1) is 0 Å². The van der Waals surface area contributed by atoms with Crippen LogP contribution in [0.1, 0.15) is 38.2 Å². The maximum absolute atomic E-state index is 13.6. The Morgan fingerprint density at radius 3 is 2.95 bits per heavy atom. The average Bonchev–Trinajstić information content (AvgIpc) is 2.34. The first kappa shape index (κ1) is 14.3. The molecular formula is C15H19ClFNO. The van der Waals surface area contributed by atoms with E-state index in [1.807, 2.05) is 0 Å². The lowest BCUT2D eigenvalue weighted by molar-refractivity contribution is -0.121. The third kappa shape index (κ3) is 3.93. The van der Waals surface area contributed by atoms with Gasteiger partial charge in [0.05, 0.1) is 6.42 Å². The van der Waals surface area contributed by atoms with E-state index in [9.17, 15) is 9.18 Å². The van der Waals surface area contributed by atoms with Crippen LogP contribution in [0, 0.1) is 11.7 Å². The number of benzene rings is 1. The standard InChI is InChI=1S/C15H19ClFNO/c1-10-4-2-5-11(8-10)18-15(19)9-12-13(16)6-3-7-14(12)17/h3,6-7,10-11H,2,4-5,8-9H2,1H3,(H,18,19). The van der Waals surface area contributed by atoms with Crippen LogP contribution >= 0.6 is 11.6 Å². The second-order valence-electron chi connectivity index (χ2n) is 5.41. The van der Waals surface area contributed by atoms with E-state index in [2.05, 4.69) is 12.2 Å². The van der Waals surface area contributed by atoms with Crippen molar-refractivity contribution in [2.45, 2.75) is 45.1 Å². The van der Waals surface area contributed by atoms with Gasteiger partial charge in [0.25, 0.3) is 0 Å². The third-order valence-electron chi connectivity index (χ3n) is 3.70. The van der Waals surface area contributed by atoms with Crippen LogP contribution in [-0.4, -0.2) is 11.9 Å². The summed E-state index contributed by atoms with van der Waals surface area (Å²) in [6, 6.07) is 4.71. The molecule has 2 nitrogen and oxygen atoms in total. The maximum Gasteiger partial charge on any atom is 0.224 e. The van der Waals surface area contributed by atoms with Gasteiger partial charge in [0.15, 0.2) is 0 Å². The van der Waals surface area contributed by atoms with E-state index in [1.165, 1.54) is 12.5 Å². The summed E-state index contributed by atoms with van der Waals surface area (Å²) in [5.41, 5.74) is 0.283. The quantitative estimate of drug-likeness (QED) is 0.900. The summed E-state index contributed by atoms with van der Waals surface area (Å²) >= 11 is 5.92. The highest BCUT2D eigenvalue weighted by atomic mass is 35.5. The lowest BCUT2D eigenvalue weighted by atomic mass is 9.87. The summed E-state index contributed by atoms with van der Waals surface area (Å²) in [7, 11) is 0. The minimum atomic E-state index is -0.417. The number of carbonyl (C=O) groups excluding carboxylic acids is 1. The van der Waals surface area contributed by atoms with E-state index >= 15 is 0 Å². The summed E-state index contributed by atoms with van der Waals surface area (Å²) < 4.78 is 13.6. The van der Waals surface area contributed by atoms with Crippen molar-refractivity contribution in [3.63, 3.8) is 0 Å². The molecule has 1 N–H and O–H groups in total. The first-order valence-electron chi connectivity index (χ1n) is 6.78. The van der Waals surface area contributed by atoms with Gasteiger partial charge in [-0.05, 0) is 30.9 Å². The highest BCUT2D eigenvalue weighted by Gasteiger charge is 2.21. The number of nitrogens with one attached hydrogen (secondary N) is 1. The van der Waals surface area contributed by atoms with Gasteiger partial charge < -0.3 is 5.32 Å². The van der Waals surface area contributed by atoms with Crippen molar-refractivity contribution in [2.75, 3.05) is 0 Å². The lowest BCUT2D eigenvalue weighted by Crippen LogP contribution is -2.38. The molecule has 4 heteroatoms. The molecule has 0 spiro atoms. The molecule has 0 saturated heterocycles. The van der Waals surface area contributed by atoms with Crippen LogP contribution in [0.2, 0.25) is 5.02 Å². The van der Waals surface area contributed by atoms with Gasteiger partial charge in [-0.25, -0.2) is 4.39 Å². The van der Waals surface area contributed by atoms with E-state index in [1.54, 1.807) is 12.1 Å². The molecule has 1 aromatic carbocycles. The molecule has 1 fully saturated rings. The zero-order valence-electron chi connectivity index (χ0n) is 11.1. The lowest BCUT2D eigenvalue weighted by Gasteiger charge is -2.27. The number of halogens is 2. The van der Waals surface area contributed by atoms with Gasteiger partial charge in [0, 0.05) is 16.6 Å². The Hall–Kier alpha value is -1.09. The van der Waals surface area contributed by atoms with Crippen LogP contribution in [0.5, 0.6) is 0 Å². The Labute approximate surface area is 118 Å². The van der Waals surface area contributed by atoms with Crippen LogP contribution in [0.25, 0.3) is 0 Å². The fraction of sp³-hybridized carbons (Fsp3) is 0.533. The van der Waals surface area contributed by atoms with Gasteiger partial charge in [-0.1, -0.05) is 37.4 Å². The zero-order valence-corrected chi connectivity index (χ0v) is 11.8. The minimum Gasteiger partial charge on any atom is -0.353 e. The molecule has 0 radical (unpaired) electrons. The maximum atomic E-state index is 13.6. The SMILES string of the molecule is CC1CCCC(NC(=O)Cc2c(F)cccc2Cl)C1.